The lowest BCUT2D eigenvalue weighted by Crippen LogP contribution is -2.26. The van der Waals surface area contributed by atoms with Crippen LogP contribution in [-0.2, 0) is 4.74 Å². The summed E-state index contributed by atoms with van der Waals surface area (Å²) in [4.78, 5) is 16.0. The van der Waals surface area contributed by atoms with E-state index in [4.69, 9.17) is 4.74 Å². The number of fused-ring (bicyclic) bond motifs is 1. The molecule has 0 fully saturated rings. The van der Waals surface area contributed by atoms with E-state index in [1.807, 2.05) is 40.9 Å². The predicted octanol–water partition coefficient (Wildman–Crippen LogP) is 2.66. The Morgan fingerprint density at radius 1 is 1.37 bits per heavy atom. The Labute approximate surface area is 114 Å². The molecular formula is C14H13N2O2S+. The van der Waals surface area contributed by atoms with Gasteiger partial charge < -0.3 is 4.74 Å². The number of esters is 1. The normalized spacial score (nSPS) is 10.8. The maximum atomic E-state index is 11.8. The third kappa shape index (κ3) is 2.13. The van der Waals surface area contributed by atoms with Crippen molar-refractivity contribution in [3.63, 3.8) is 0 Å². The van der Waals surface area contributed by atoms with Gasteiger partial charge in [0.2, 0.25) is 5.69 Å². The molecule has 3 aromatic rings. The monoisotopic (exact) mass is 273 g/mol. The number of H-pyrrole nitrogens is 1. The maximum Gasteiger partial charge on any atom is 0.379 e. The molecule has 3 rings (SSSR count). The molecule has 1 aromatic carbocycles. The number of benzene rings is 1. The number of hydrogen-bond acceptors (Lipinski definition) is 3. The largest absolute Gasteiger partial charge is 0.460 e. The summed E-state index contributed by atoms with van der Waals surface area (Å²) in [5.41, 5.74) is 2.63. The number of carbonyl (C=O) groups is 1. The Hall–Kier alpha value is -2.14. The van der Waals surface area contributed by atoms with Crippen LogP contribution in [0.15, 0.2) is 41.9 Å². The van der Waals surface area contributed by atoms with E-state index in [1.165, 1.54) is 11.3 Å². The van der Waals surface area contributed by atoms with Crippen LogP contribution in [0.1, 0.15) is 17.4 Å². The standard InChI is InChI=1S/C14H12N2O2S/c1-2-18-13(17)12-9-19-14-15-11(8-16(12)14)10-6-4-3-5-7-10/h3-9H,2H2,1H3/p+1. The molecule has 1 N–H and O–H groups in total. The highest BCUT2D eigenvalue weighted by Gasteiger charge is 2.22. The quantitative estimate of drug-likeness (QED) is 0.589. The molecule has 2 aromatic heterocycles. The van der Waals surface area contributed by atoms with Crippen LogP contribution in [0.5, 0.6) is 0 Å². The summed E-state index contributed by atoms with van der Waals surface area (Å²) in [6.07, 6.45) is 1.92. The molecule has 2 heterocycles. The van der Waals surface area contributed by atoms with Crippen molar-refractivity contribution in [2.45, 2.75) is 6.92 Å². The van der Waals surface area contributed by atoms with Crippen LogP contribution in [0.25, 0.3) is 16.2 Å². The van der Waals surface area contributed by atoms with E-state index in [0.717, 1.165) is 16.2 Å². The molecule has 5 heteroatoms. The Balaban J connectivity index is 2.05. The van der Waals surface area contributed by atoms with Crippen LogP contribution < -0.4 is 4.40 Å². The lowest BCUT2D eigenvalue weighted by atomic mass is 10.2. The molecule has 0 aliphatic heterocycles. The van der Waals surface area contributed by atoms with Gasteiger partial charge in [-0.15, -0.1) is 0 Å². The van der Waals surface area contributed by atoms with E-state index >= 15 is 0 Å². The molecule has 0 atom stereocenters. The summed E-state index contributed by atoms with van der Waals surface area (Å²) in [5, 5.41) is 1.80. The molecule has 0 saturated heterocycles. The van der Waals surface area contributed by atoms with Gasteiger partial charge >= 0.3 is 10.9 Å². The van der Waals surface area contributed by atoms with Gasteiger partial charge in [-0.2, -0.15) is 4.40 Å². The van der Waals surface area contributed by atoms with E-state index in [-0.39, 0.29) is 5.97 Å². The van der Waals surface area contributed by atoms with Crippen LogP contribution >= 0.6 is 11.3 Å². The van der Waals surface area contributed by atoms with E-state index in [1.54, 1.807) is 12.3 Å². The Morgan fingerprint density at radius 2 is 2.16 bits per heavy atom. The summed E-state index contributed by atoms with van der Waals surface area (Å²) in [5.74, 6) is -0.294. The smallest absolute Gasteiger partial charge is 0.379 e. The number of nitrogens with zero attached hydrogens (tertiary/aromatic N) is 1. The van der Waals surface area contributed by atoms with Crippen molar-refractivity contribution in [1.82, 2.24) is 4.98 Å². The molecule has 0 aliphatic carbocycles. The minimum atomic E-state index is -0.294. The van der Waals surface area contributed by atoms with Gasteiger partial charge in [-0.05, 0) is 6.92 Å². The number of thiazole rings is 1. The Kier molecular flexibility index (Phi) is 3.05. The first-order valence-corrected chi connectivity index (χ1v) is 6.92. The van der Waals surface area contributed by atoms with Gasteiger partial charge in [0.05, 0.1) is 12.0 Å². The van der Waals surface area contributed by atoms with Crippen molar-refractivity contribution in [2.24, 2.45) is 0 Å². The molecule has 96 valence electrons. The lowest BCUT2D eigenvalue weighted by molar-refractivity contribution is -0.508. The summed E-state index contributed by atoms with van der Waals surface area (Å²) in [7, 11) is 0. The van der Waals surface area contributed by atoms with Crippen molar-refractivity contribution in [3.8, 4) is 11.3 Å². The maximum absolute atomic E-state index is 11.8. The van der Waals surface area contributed by atoms with Crippen LogP contribution in [0.4, 0.5) is 0 Å². The third-order valence-electron chi connectivity index (χ3n) is 2.83. The summed E-state index contributed by atoms with van der Waals surface area (Å²) in [6, 6.07) is 10.0. The van der Waals surface area contributed by atoms with Gasteiger partial charge in [0.25, 0.3) is 0 Å². The summed E-state index contributed by atoms with van der Waals surface area (Å²) >= 11 is 1.49. The second-order valence-electron chi connectivity index (χ2n) is 4.05. The lowest BCUT2D eigenvalue weighted by Gasteiger charge is -1.95. The van der Waals surface area contributed by atoms with Crippen molar-refractivity contribution >= 4 is 22.3 Å². The molecule has 0 amide bonds. The molecule has 4 nitrogen and oxygen atoms in total. The average Bonchev–Trinajstić information content (AvgIpc) is 2.99. The van der Waals surface area contributed by atoms with Crippen molar-refractivity contribution < 1.29 is 13.9 Å². The zero-order chi connectivity index (χ0) is 13.2. The number of ether oxygens (including phenoxy) is 1. The molecule has 0 bridgehead atoms. The minimum Gasteiger partial charge on any atom is -0.460 e. The average molecular weight is 273 g/mol. The van der Waals surface area contributed by atoms with Crippen molar-refractivity contribution in [2.75, 3.05) is 6.61 Å². The van der Waals surface area contributed by atoms with E-state index in [0.29, 0.717) is 12.3 Å². The fraction of sp³-hybridized carbons (Fsp3) is 0.143. The van der Waals surface area contributed by atoms with Crippen LogP contribution in [0, 0.1) is 0 Å². The van der Waals surface area contributed by atoms with Crippen LogP contribution in [-0.4, -0.2) is 17.6 Å². The minimum absolute atomic E-state index is 0.294. The fourth-order valence-corrected chi connectivity index (χ4v) is 2.81. The number of rotatable bonds is 3. The first kappa shape index (κ1) is 11.9. The topological polar surface area (TPSA) is 46.2 Å². The SMILES string of the molecule is CCOC(=O)c1csc2[nH]c(-c3ccccc3)c[n+]12. The second-order valence-corrected chi connectivity index (χ2v) is 4.91. The zero-order valence-electron chi connectivity index (χ0n) is 10.4. The highest BCUT2D eigenvalue weighted by molar-refractivity contribution is 7.14. The van der Waals surface area contributed by atoms with Crippen LogP contribution in [0.2, 0.25) is 0 Å². The Morgan fingerprint density at radius 3 is 2.89 bits per heavy atom. The third-order valence-corrected chi connectivity index (χ3v) is 3.69. The van der Waals surface area contributed by atoms with Gasteiger partial charge in [0, 0.05) is 5.56 Å². The number of aromatic nitrogens is 2. The van der Waals surface area contributed by atoms with Crippen LogP contribution in [0.3, 0.4) is 0 Å². The first-order chi connectivity index (χ1) is 9.29. The number of aromatic amines is 1. The second kappa shape index (κ2) is 4.85. The van der Waals surface area contributed by atoms with Gasteiger partial charge in [0.15, 0.2) is 5.69 Å². The number of nitrogens with one attached hydrogen (secondary N) is 1. The van der Waals surface area contributed by atoms with Gasteiger partial charge in [-0.25, -0.2) is 9.78 Å². The van der Waals surface area contributed by atoms with Crippen molar-refractivity contribution in [3.05, 3.63) is 47.6 Å². The highest BCUT2D eigenvalue weighted by atomic mass is 32.1. The molecule has 0 radical (unpaired) electrons. The zero-order valence-corrected chi connectivity index (χ0v) is 11.2. The van der Waals surface area contributed by atoms with E-state index in [9.17, 15) is 4.79 Å². The van der Waals surface area contributed by atoms with E-state index in [2.05, 4.69) is 4.98 Å². The summed E-state index contributed by atoms with van der Waals surface area (Å²) < 4.78 is 6.88. The molecular weight excluding hydrogens is 260 g/mol. The Bertz CT molecular complexity index is 715. The van der Waals surface area contributed by atoms with E-state index < -0.39 is 0 Å². The van der Waals surface area contributed by atoms with Gasteiger partial charge in [-0.3, -0.25) is 0 Å². The molecule has 19 heavy (non-hydrogen) atoms. The highest BCUT2D eigenvalue weighted by Crippen LogP contribution is 2.19. The first-order valence-electron chi connectivity index (χ1n) is 6.04. The number of hydrogen-bond donors (Lipinski definition) is 1. The molecule has 0 aliphatic rings. The van der Waals surface area contributed by atoms with Gasteiger partial charge in [0.1, 0.15) is 6.20 Å². The molecule has 0 saturated carbocycles. The predicted molar refractivity (Wildman–Crippen MR) is 73.2 cm³/mol. The summed E-state index contributed by atoms with van der Waals surface area (Å²) in [6.45, 7) is 2.19. The fourth-order valence-electron chi connectivity index (χ4n) is 1.94. The molecule has 0 spiro atoms. The number of imidazole rings is 1. The molecule has 0 unspecified atom stereocenters. The van der Waals surface area contributed by atoms with Gasteiger partial charge in [-0.1, -0.05) is 41.7 Å². The number of carbonyl (C=O) groups excluding carboxylic acids is 1. The van der Waals surface area contributed by atoms with Crippen molar-refractivity contribution in [1.29, 1.82) is 0 Å².